The molecule has 3 heterocycles. The van der Waals surface area contributed by atoms with E-state index in [-0.39, 0.29) is 6.04 Å². The number of hydrogen-bond acceptors (Lipinski definition) is 3. The van der Waals surface area contributed by atoms with Gasteiger partial charge in [0.15, 0.2) is 0 Å². The number of furan rings is 1. The van der Waals surface area contributed by atoms with Gasteiger partial charge in [0.05, 0.1) is 40.7 Å². The van der Waals surface area contributed by atoms with Crippen LogP contribution in [0.1, 0.15) is 29.9 Å². The van der Waals surface area contributed by atoms with Crippen molar-refractivity contribution in [2.75, 3.05) is 4.90 Å². The molecule has 0 amide bonds. The second kappa shape index (κ2) is 10.5. The Kier molecular flexibility index (Phi) is 5.89. The molecule has 0 bridgehead atoms. The van der Waals surface area contributed by atoms with E-state index in [1.807, 2.05) is 42.5 Å². The molecule has 8 aromatic rings. The summed E-state index contributed by atoms with van der Waals surface area (Å²) in [6, 6.07) is 44.2. The van der Waals surface area contributed by atoms with Gasteiger partial charge in [0, 0.05) is 39.1 Å². The Balaban J connectivity index is 1.22. The van der Waals surface area contributed by atoms with Crippen LogP contribution in [-0.4, -0.2) is 10.6 Å². The molecule has 0 N–H and O–H groups in total. The third-order valence-electron chi connectivity index (χ3n) is 10.5. The highest BCUT2D eigenvalue weighted by molar-refractivity contribution is 6.24. The van der Waals surface area contributed by atoms with E-state index in [1.165, 1.54) is 11.3 Å². The molecule has 49 heavy (non-hydrogen) atoms. The first-order valence-corrected chi connectivity index (χ1v) is 16.7. The summed E-state index contributed by atoms with van der Waals surface area (Å²) in [6.45, 7) is 8.12. The summed E-state index contributed by atoms with van der Waals surface area (Å²) in [4.78, 5) is 6.34. The summed E-state index contributed by atoms with van der Waals surface area (Å²) in [6.07, 6.45) is 6.74. The van der Waals surface area contributed by atoms with E-state index in [1.54, 1.807) is 0 Å². The van der Waals surface area contributed by atoms with Crippen molar-refractivity contribution in [1.29, 1.82) is 5.26 Å². The van der Waals surface area contributed by atoms with Crippen molar-refractivity contribution in [3.8, 4) is 22.9 Å². The van der Waals surface area contributed by atoms with Crippen LogP contribution in [0.25, 0.3) is 65.4 Å². The van der Waals surface area contributed by atoms with Gasteiger partial charge in [0.1, 0.15) is 11.2 Å². The molecule has 5 heteroatoms. The fraction of sp³-hybridized carbons (Fsp3) is 0.0909. The molecule has 0 spiro atoms. The maximum absolute atomic E-state index is 10.4. The Morgan fingerprint density at radius 3 is 2.49 bits per heavy atom. The predicted octanol–water partition coefficient (Wildman–Crippen LogP) is 11.7. The average molecular weight is 629 g/mol. The van der Waals surface area contributed by atoms with Crippen molar-refractivity contribution >= 4 is 60.8 Å². The number of anilines is 2. The van der Waals surface area contributed by atoms with Crippen LogP contribution < -0.4 is 4.90 Å². The molecule has 2 aliphatic rings. The number of benzene rings is 6. The number of nitrogens with zero attached hydrogens (tertiary/aromatic N) is 4. The second-order valence-electron chi connectivity index (χ2n) is 13.0. The van der Waals surface area contributed by atoms with Crippen molar-refractivity contribution in [2.24, 2.45) is 0 Å². The van der Waals surface area contributed by atoms with Crippen LogP contribution in [0.4, 0.5) is 17.1 Å². The largest absolute Gasteiger partial charge is 0.456 e. The van der Waals surface area contributed by atoms with Gasteiger partial charge in [0.25, 0.3) is 0 Å². The Labute approximate surface area is 283 Å². The monoisotopic (exact) mass is 628 g/mol. The van der Waals surface area contributed by atoms with Crippen molar-refractivity contribution in [1.82, 2.24) is 4.57 Å². The van der Waals surface area contributed by atoms with Crippen LogP contribution in [0.3, 0.4) is 0 Å². The van der Waals surface area contributed by atoms with Crippen LogP contribution in [0, 0.1) is 17.9 Å². The van der Waals surface area contributed by atoms with E-state index in [4.69, 9.17) is 11.0 Å². The minimum atomic E-state index is 0.160. The number of hydrogen-bond donors (Lipinski definition) is 0. The Morgan fingerprint density at radius 1 is 0.755 bits per heavy atom. The van der Waals surface area contributed by atoms with Crippen LogP contribution in [-0.2, 0) is 0 Å². The molecule has 1 aliphatic heterocycles. The van der Waals surface area contributed by atoms with Gasteiger partial charge < -0.3 is 13.9 Å². The van der Waals surface area contributed by atoms with E-state index < -0.39 is 0 Å². The molecule has 5 nitrogen and oxygen atoms in total. The third-order valence-corrected chi connectivity index (χ3v) is 10.5. The lowest BCUT2D eigenvalue weighted by molar-refractivity contribution is 0.573. The third kappa shape index (κ3) is 3.97. The molecule has 230 valence electrons. The van der Waals surface area contributed by atoms with Gasteiger partial charge in [-0.1, -0.05) is 78.9 Å². The summed E-state index contributed by atoms with van der Waals surface area (Å²) in [5.41, 5.74) is 11.2. The first-order chi connectivity index (χ1) is 24.2. The number of nitriles is 1. The molecule has 2 aromatic heterocycles. The zero-order valence-corrected chi connectivity index (χ0v) is 26.5. The molecule has 1 aliphatic carbocycles. The second-order valence-corrected chi connectivity index (χ2v) is 13.0. The topological polar surface area (TPSA) is 49.5 Å². The minimum absolute atomic E-state index is 0.160. The molecule has 0 saturated heterocycles. The van der Waals surface area contributed by atoms with Crippen molar-refractivity contribution in [2.45, 2.75) is 24.8 Å². The summed E-state index contributed by atoms with van der Waals surface area (Å²) >= 11 is 0. The van der Waals surface area contributed by atoms with Gasteiger partial charge >= 0.3 is 0 Å². The molecule has 0 saturated carbocycles. The predicted molar refractivity (Wildman–Crippen MR) is 198 cm³/mol. The number of para-hydroxylation sites is 3. The fourth-order valence-corrected chi connectivity index (χ4v) is 8.39. The van der Waals surface area contributed by atoms with Crippen molar-refractivity contribution in [3.05, 3.63) is 156 Å². The molecular weight excluding hydrogens is 601 g/mol. The van der Waals surface area contributed by atoms with E-state index in [0.717, 1.165) is 79.1 Å². The van der Waals surface area contributed by atoms with Gasteiger partial charge in [-0.15, -0.1) is 0 Å². The quantitative estimate of drug-likeness (QED) is 0.144. The number of fused-ring (bicyclic) bond motifs is 10. The van der Waals surface area contributed by atoms with Gasteiger partial charge in [0.2, 0.25) is 5.69 Å². The van der Waals surface area contributed by atoms with Crippen LogP contribution in [0.2, 0.25) is 0 Å². The molecule has 0 radical (unpaired) electrons. The van der Waals surface area contributed by atoms with E-state index in [9.17, 15) is 5.26 Å². The normalized spacial score (nSPS) is 16.7. The molecule has 10 rings (SSSR count). The molecular formula is C44H28N4O. The summed E-state index contributed by atoms with van der Waals surface area (Å²) in [5, 5.41) is 14.7. The Morgan fingerprint density at radius 2 is 1.59 bits per heavy atom. The lowest BCUT2D eigenvalue weighted by Gasteiger charge is -2.31. The van der Waals surface area contributed by atoms with Gasteiger partial charge in [-0.25, -0.2) is 4.85 Å². The van der Waals surface area contributed by atoms with E-state index in [2.05, 4.69) is 111 Å². The Hall–Kier alpha value is -6.56. The van der Waals surface area contributed by atoms with Gasteiger partial charge in [-0.2, -0.15) is 5.26 Å². The zero-order valence-electron chi connectivity index (χ0n) is 26.5. The lowest BCUT2D eigenvalue weighted by atomic mass is 9.86. The molecule has 6 aromatic carbocycles. The zero-order chi connectivity index (χ0) is 32.6. The SMILES string of the molecule is [C-]#[N+]c1ccc(-c2cc(C#N)cc(-n3c4ccccc4c4ccc5oc6ccccc6c5c43)c2)cc1N1c2ccccc2C2CCC=CC21. The molecule has 2 unspecified atom stereocenters. The smallest absolute Gasteiger partial charge is 0.210 e. The van der Waals surface area contributed by atoms with Crippen LogP contribution >= 0.6 is 0 Å². The van der Waals surface area contributed by atoms with Gasteiger partial charge in [-0.3, -0.25) is 0 Å². The van der Waals surface area contributed by atoms with E-state index >= 15 is 0 Å². The number of aromatic nitrogens is 1. The number of rotatable bonds is 3. The Bertz CT molecular complexity index is 2790. The summed E-state index contributed by atoms with van der Waals surface area (Å²) in [7, 11) is 0. The fourth-order valence-electron chi connectivity index (χ4n) is 8.39. The molecule has 0 fully saturated rings. The first kappa shape index (κ1) is 27.5. The summed E-state index contributed by atoms with van der Waals surface area (Å²) < 4.78 is 8.61. The van der Waals surface area contributed by atoms with Crippen molar-refractivity contribution < 1.29 is 4.42 Å². The maximum atomic E-state index is 10.4. The standard InChI is InChI=1S/C44H28N4O/c1-46-36-20-18-28(25-40(36)48-38-15-7-2-10-31(38)32-11-3-8-16-39(32)48)29-22-27(26-45)23-30(24-29)47-37-14-6-4-12-33(37)34-19-21-42-43(44(34)47)35-13-5-9-17-41(35)49-42/h2,4-10,12-25,32,39H,3,11H2. The lowest BCUT2D eigenvalue weighted by Crippen LogP contribution is -2.29. The minimum Gasteiger partial charge on any atom is -0.456 e. The average Bonchev–Trinajstić information content (AvgIpc) is 3.82. The maximum Gasteiger partial charge on any atom is 0.210 e. The summed E-state index contributed by atoms with van der Waals surface area (Å²) in [5.74, 6) is 0.392. The van der Waals surface area contributed by atoms with E-state index in [0.29, 0.717) is 17.2 Å². The van der Waals surface area contributed by atoms with Crippen molar-refractivity contribution in [3.63, 3.8) is 0 Å². The first-order valence-electron chi connectivity index (χ1n) is 16.7. The highest BCUT2D eigenvalue weighted by Gasteiger charge is 2.39. The molecule has 2 atom stereocenters. The highest BCUT2D eigenvalue weighted by Crippen LogP contribution is 2.52. The van der Waals surface area contributed by atoms with Crippen LogP contribution in [0.15, 0.2) is 138 Å². The highest BCUT2D eigenvalue weighted by atomic mass is 16.3. The van der Waals surface area contributed by atoms with Gasteiger partial charge in [-0.05, 0) is 84.1 Å². The van der Waals surface area contributed by atoms with Crippen LogP contribution in [0.5, 0.6) is 0 Å². The number of allylic oxidation sites excluding steroid dienone is 1.